The van der Waals surface area contributed by atoms with E-state index in [1.807, 2.05) is 0 Å². The van der Waals surface area contributed by atoms with E-state index < -0.39 is 0 Å². The molecule has 0 aliphatic carbocycles. The van der Waals surface area contributed by atoms with E-state index in [0.29, 0.717) is 0 Å². The molecule has 0 spiro atoms. The number of ether oxygens (including phenoxy) is 2. The Morgan fingerprint density at radius 2 is 1.12 bits per heavy atom. The van der Waals surface area contributed by atoms with E-state index >= 15 is 0 Å². The van der Waals surface area contributed by atoms with Gasteiger partial charge >= 0.3 is 0 Å². The lowest BCUT2D eigenvalue weighted by molar-refractivity contribution is -0.292. The molecule has 25 heavy (non-hydrogen) atoms. The van der Waals surface area contributed by atoms with Gasteiger partial charge in [-0.05, 0) is 31.1 Å². The zero-order chi connectivity index (χ0) is 18.9. The zero-order valence-electron chi connectivity index (χ0n) is 18.3. The molecule has 1 fully saturated rings. The highest BCUT2D eigenvalue weighted by Gasteiger charge is 2.36. The maximum atomic E-state index is 6.01. The van der Waals surface area contributed by atoms with E-state index in [1.165, 1.54) is 51.4 Å². The van der Waals surface area contributed by atoms with Crippen molar-refractivity contribution in [1.29, 1.82) is 0 Å². The van der Waals surface area contributed by atoms with E-state index in [1.54, 1.807) is 0 Å². The molecule has 150 valence electrons. The highest BCUT2D eigenvalue weighted by molar-refractivity contribution is 4.77. The molecule has 0 N–H and O–H groups in total. The maximum absolute atomic E-state index is 6.01. The molecule has 2 atom stereocenters. The Bertz CT molecular complexity index is 338. The quantitative estimate of drug-likeness (QED) is 0.368. The van der Waals surface area contributed by atoms with Crippen LogP contribution >= 0.6 is 0 Å². The van der Waals surface area contributed by atoms with Crippen LogP contribution in [-0.4, -0.2) is 19.0 Å². The van der Waals surface area contributed by atoms with Crippen molar-refractivity contribution in [3.63, 3.8) is 0 Å². The van der Waals surface area contributed by atoms with Gasteiger partial charge in [0.1, 0.15) is 0 Å². The summed E-state index contributed by atoms with van der Waals surface area (Å²) in [4.78, 5) is 0. The van der Waals surface area contributed by atoms with Crippen molar-refractivity contribution < 1.29 is 9.47 Å². The molecular formula is C23H46O2. The van der Waals surface area contributed by atoms with Gasteiger partial charge < -0.3 is 9.47 Å². The van der Waals surface area contributed by atoms with Crippen LogP contribution in [0.4, 0.5) is 0 Å². The fourth-order valence-corrected chi connectivity index (χ4v) is 3.67. The van der Waals surface area contributed by atoms with Gasteiger partial charge in [-0.3, -0.25) is 0 Å². The Labute approximate surface area is 158 Å². The third-order valence-electron chi connectivity index (χ3n) is 5.74. The number of hydrogen-bond acceptors (Lipinski definition) is 2. The first kappa shape index (κ1) is 23.0. The summed E-state index contributed by atoms with van der Waals surface area (Å²) in [6.45, 7) is 17.7. The van der Waals surface area contributed by atoms with Crippen molar-refractivity contribution in [1.82, 2.24) is 0 Å². The van der Waals surface area contributed by atoms with Crippen LogP contribution in [0, 0.1) is 23.2 Å². The van der Waals surface area contributed by atoms with Crippen molar-refractivity contribution in [2.24, 2.45) is 23.2 Å². The second-order valence-corrected chi connectivity index (χ2v) is 10.2. The first-order chi connectivity index (χ1) is 11.6. The molecule has 0 unspecified atom stereocenters. The first-order valence-corrected chi connectivity index (χ1v) is 10.9. The molecule has 2 heteroatoms. The monoisotopic (exact) mass is 354 g/mol. The van der Waals surface area contributed by atoms with E-state index in [2.05, 4.69) is 48.5 Å². The minimum Gasteiger partial charge on any atom is -0.350 e. The number of rotatable bonds is 12. The van der Waals surface area contributed by atoms with Crippen LogP contribution in [0.5, 0.6) is 0 Å². The lowest BCUT2D eigenvalue weighted by Crippen LogP contribution is -2.45. The Hall–Kier alpha value is -0.0800. The van der Waals surface area contributed by atoms with Gasteiger partial charge in [-0.15, -0.1) is 0 Å². The smallest absolute Gasteiger partial charge is 0.165 e. The fraction of sp³-hybridized carbons (Fsp3) is 1.00. The van der Waals surface area contributed by atoms with E-state index in [-0.39, 0.29) is 11.2 Å². The SMILES string of the molecule is CC(C)CCC[C@@H](C)CCC[C@@H](C)CCCC1(C)OCC(C)(C)CO1. The third kappa shape index (κ3) is 10.6. The summed E-state index contributed by atoms with van der Waals surface area (Å²) >= 11 is 0. The van der Waals surface area contributed by atoms with Crippen LogP contribution in [0.15, 0.2) is 0 Å². The standard InChI is InChI=1S/C23H46O2/c1-19(2)11-8-12-20(3)13-9-14-21(4)15-10-16-23(7)24-17-22(5,6)18-25-23/h19-21H,8-18H2,1-7H3/t20-,21-/m1/s1. The average molecular weight is 355 g/mol. The third-order valence-corrected chi connectivity index (χ3v) is 5.74. The molecule has 1 saturated heterocycles. The predicted molar refractivity (Wildman–Crippen MR) is 109 cm³/mol. The second-order valence-electron chi connectivity index (χ2n) is 10.2. The van der Waals surface area contributed by atoms with Crippen molar-refractivity contribution in [2.75, 3.05) is 13.2 Å². The molecule has 0 aromatic heterocycles. The van der Waals surface area contributed by atoms with Gasteiger partial charge in [-0.1, -0.05) is 86.5 Å². The van der Waals surface area contributed by atoms with Crippen LogP contribution in [0.25, 0.3) is 0 Å². The van der Waals surface area contributed by atoms with Crippen LogP contribution in [0.2, 0.25) is 0 Å². The molecule has 0 radical (unpaired) electrons. The van der Waals surface area contributed by atoms with Crippen molar-refractivity contribution in [3.05, 3.63) is 0 Å². The van der Waals surface area contributed by atoms with Crippen molar-refractivity contribution in [3.8, 4) is 0 Å². The Balaban J connectivity index is 2.06. The topological polar surface area (TPSA) is 18.5 Å². The molecule has 1 heterocycles. The largest absolute Gasteiger partial charge is 0.350 e. The van der Waals surface area contributed by atoms with Crippen LogP contribution in [0.1, 0.15) is 106 Å². The lowest BCUT2D eigenvalue weighted by atomic mass is 9.91. The Kier molecular flexibility index (Phi) is 10.0. The molecule has 0 aromatic rings. The van der Waals surface area contributed by atoms with Gasteiger partial charge in [0.05, 0.1) is 13.2 Å². The highest BCUT2D eigenvalue weighted by atomic mass is 16.7. The first-order valence-electron chi connectivity index (χ1n) is 10.9. The van der Waals surface area contributed by atoms with Crippen LogP contribution in [-0.2, 0) is 9.47 Å². The average Bonchev–Trinajstić information content (AvgIpc) is 2.50. The Morgan fingerprint density at radius 3 is 1.60 bits per heavy atom. The van der Waals surface area contributed by atoms with Gasteiger partial charge in [0.25, 0.3) is 0 Å². The fourth-order valence-electron chi connectivity index (χ4n) is 3.67. The Morgan fingerprint density at radius 1 is 0.680 bits per heavy atom. The van der Waals surface area contributed by atoms with Crippen molar-refractivity contribution in [2.45, 2.75) is 112 Å². The van der Waals surface area contributed by atoms with Gasteiger partial charge in [-0.25, -0.2) is 0 Å². The van der Waals surface area contributed by atoms with E-state index in [9.17, 15) is 0 Å². The minimum atomic E-state index is -0.347. The highest BCUT2D eigenvalue weighted by Crippen LogP contribution is 2.33. The summed E-state index contributed by atoms with van der Waals surface area (Å²) < 4.78 is 12.0. The molecule has 2 nitrogen and oxygen atoms in total. The van der Waals surface area contributed by atoms with Crippen LogP contribution < -0.4 is 0 Å². The van der Waals surface area contributed by atoms with Crippen molar-refractivity contribution >= 4 is 0 Å². The van der Waals surface area contributed by atoms with Gasteiger partial charge in [0.2, 0.25) is 0 Å². The summed E-state index contributed by atoms with van der Waals surface area (Å²) in [7, 11) is 0. The minimum absolute atomic E-state index is 0.165. The normalized spacial score (nSPS) is 22.1. The van der Waals surface area contributed by atoms with Crippen LogP contribution in [0.3, 0.4) is 0 Å². The molecule has 1 aliphatic rings. The summed E-state index contributed by atoms with van der Waals surface area (Å²) in [6.07, 6.45) is 11.9. The van der Waals surface area contributed by atoms with E-state index in [4.69, 9.17) is 9.47 Å². The second kappa shape index (κ2) is 10.9. The molecule has 0 amide bonds. The van der Waals surface area contributed by atoms with E-state index in [0.717, 1.165) is 37.4 Å². The van der Waals surface area contributed by atoms with Gasteiger partial charge in [-0.2, -0.15) is 0 Å². The summed E-state index contributed by atoms with van der Waals surface area (Å²) in [6, 6.07) is 0. The summed E-state index contributed by atoms with van der Waals surface area (Å²) in [5.74, 6) is 2.24. The maximum Gasteiger partial charge on any atom is 0.165 e. The predicted octanol–water partition coefficient (Wildman–Crippen LogP) is 7.21. The summed E-state index contributed by atoms with van der Waals surface area (Å²) in [5, 5.41) is 0. The molecule has 0 saturated carbocycles. The number of hydrogen-bond donors (Lipinski definition) is 0. The van der Waals surface area contributed by atoms with Gasteiger partial charge in [0, 0.05) is 11.8 Å². The molecule has 1 aliphatic heterocycles. The zero-order valence-corrected chi connectivity index (χ0v) is 18.3. The molecule has 0 bridgehead atoms. The lowest BCUT2D eigenvalue weighted by Gasteiger charge is -2.41. The molecular weight excluding hydrogens is 308 g/mol. The molecule has 0 aromatic carbocycles. The summed E-state index contributed by atoms with van der Waals surface area (Å²) in [5.41, 5.74) is 0.165. The van der Waals surface area contributed by atoms with Gasteiger partial charge in [0.15, 0.2) is 5.79 Å². The molecule has 1 rings (SSSR count).